The van der Waals surface area contributed by atoms with Gasteiger partial charge in [0.2, 0.25) is 11.8 Å². The topological polar surface area (TPSA) is 220 Å². The summed E-state index contributed by atoms with van der Waals surface area (Å²) < 4.78 is 12.9. The number of benzene rings is 1. The van der Waals surface area contributed by atoms with E-state index in [2.05, 4.69) is 10.6 Å². The summed E-state index contributed by atoms with van der Waals surface area (Å²) in [6.45, 7) is 0.497. The van der Waals surface area contributed by atoms with E-state index < -0.39 is 71.7 Å². The first-order valence-corrected chi connectivity index (χ1v) is 13.7. The molecule has 16 heteroatoms. The molecule has 1 aromatic rings. The van der Waals surface area contributed by atoms with Gasteiger partial charge in [-0.1, -0.05) is 0 Å². The maximum Gasteiger partial charge on any atom is 0.327 e. The van der Waals surface area contributed by atoms with Gasteiger partial charge in [0.1, 0.15) is 17.9 Å². The van der Waals surface area contributed by atoms with Crippen molar-refractivity contribution in [3.05, 3.63) is 35.6 Å². The first kappa shape index (κ1) is 33.0. The minimum atomic E-state index is -1.55. The van der Waals surface area contributed by atoms with Crippen LogP contribution < -0.4 is 16.0 Å². The van der Waals surface area contributed by atoms with Crippen LogP contribution in [0, 0.1) is 5.82 Å². The Bertz CT molecular complexity index is 1150. The van der Waals surface area contributed by atoms with Crippen molar-refractivity contribution in [1.29, 1.82) is 0 Å². The highest BCUT2D eigenvalue weighted by molar-refractivity contribution is 8.00. The fraction of sp³-hybridized carbons (Fsp3) is 0.480. The van der Waals surface area contributed by atoms with E-state index in [1.807, 2.05) is 5.32 Å². The van der Waals surface area contributed by atoms with Crippen LogP contribution in [0.1, 0.15) is 48.9 Å². The molecule has 0 aromatic heterocycles. The van der Waals surface area contributed by atoms with E-state index in [9.17, 15) is 43.1 Å². The molecular weight excluding hydrogens is 567 g/mol. The summed E-state index contributed by atoms with van der Waals surface area (Å²) in [7, 11) is 0. The van der Waals surface area contributed by atoms with Gasteiger partial charge in [0.25, 0.3) is 5.91 Å². The fourth-order valence-corrected chi connectivity index (χ4v) is 4.95. The SMILES string of the molecule is O=C(O)CCC(NC(=O)NC(CSC1CC(=O)N(CCCCCNC(=O)c2ccc(F)cc2)C1=O)C(=O)O)C(=O)O. The summed E-state index contributed by atoms with van der Waals surface area (Å²) in [4.78, 5) is 83.8. The van der Waals surface area contributed by atoms with E-state index in [0.717, 1.165) is 16.7 Å². The standard InChI is InChI=1S/C25H31FN4O10S/c26-15-6-4-14(5-7-15)21(34)27-10-2-1-3-11-30-19(31)12-18(22(30)35)41-13-17(24(38)39)29-25(40)28-16(23(36)37)8-9-20(32)33/h4-7,16-18H,1-3,8-13H2,(H,27,34)(H,32,33)(H,36,37)(H,38,39)(H2,28,29,40). The molecule has 1 aliphatic rings. The van der Waals surface area contributed by atoms with Crippen molar-refractivity contribution in [2.45, 2.75) is 55.9 Å². The second-order valence-electron chi connectivity index (χ2n) is 9.07. The number of nitrogens with one attached hydrogen (secondary N) is 3. The Hall–Kier alpha value is -4.21. The van der Waals surface area contributed by atoms with E-state index >= 15 is 0 Å². The lowest BCUT2D eigenvalue weighted by Gasteiger charge is -2.19. The van der Waals surface area contributed by atoms with Crippen molar-refractivity contribution >= 4 is 53.4 Å². The predicted octanol–water partition coefficient (Wildman–Crippen LogP) is 0.657. The number of carbonyl (C=O) groups excluding carboxylic acids is 4. The number of unbranched alkanes of at least 4 members (excludes halogenated alkanes) is 2. The van der Waals surface area contributed by atoms with Crippen LogP contribution >= 0.6 is 11.8 Å². The van der Waals surface area contributed by atoms with Gasteiger partial charge in [-0.05, 0) is 49.9 Å². The van der Waals surface area contributed by atoms with Crippen molar-refractivity contribution in [3.63, 3.8) is 0 Å². The normalized spacial score (nSPS) is 16.1. The van der Waals surface area contributed by atoms with Crippen LogP contribution in [-0.2, 0) is 24.0 Å². The molecule has 3 atom stereocenters. The molecule has 0 spiro atoms. The number of carboxylic acids is 3. The summed E-state index contributed by atoms with van der Waals surface area (Å²) in [6, 6.07) is 0.894. The van der Waals surface area contributed by atoms with Crippen LogP contribution in [0.5, 0.6) is 0 Å². The first-order valence-electron chi connectivity index (χ1n) is 12.6. The molecule has 0 saturated carbocycles. The van der Waals surface area contributed by atoms with Crippen molar-refractivity contribution in [3.8, 4) is 0 Å². The third-order valence-electron chi connectivity index (χ3n) is 5.97. The number of aliphatic carboxylic acids is 3. The van der Waals surface area contributed by atoms with E-state index in [1.165, 1.54) is 24.3 Å². The van der Waals surface area contributed by atoms with Crippen molar-refractivity contribution in [2.24, 2.45) is 0 Å². The number of likely N-dealkylation sites (tertiary alicyclic amines) is 1. The number of thioether (sulfide) groups is 1. The Labute approximate surface area is 238 Å². The summed E-state index contributed by atoms with van der Waals surface area (Å²) in [5.74, 6) is -6.21. The van der Waals surface area contributed by atoms with Crippen LogP contribution in [0.25, 0.3) is 0 Å². The van der Waals surface area contributed by atoms with Crippen molar-refractivity contribution in [1.82, 2.24) is 20.9 Å². The van der Waals surface area contributed by atoms with E-state index in [1.54, 1.807) is 0 Å². The number of amides is 5. The highest BCUT2D eigenvalue weighted by Crippen LogP contribution is 2.26. The van der Waals surface area contributed by atoms with Crippen LogP contribution in [0.2, 0.25) is 0 Å². The number of halogens is 1. The zero-order valence-corrected chi connectivity index (χ0v) is 22.7. The van der Waals surface area contributed by atoms with Crippen LogP contribution in [-0.4, -0.2) is 98.1 Å². The number of carboxylic acid groups (broad SMARTS) is 3. The van der Waals surface area contributed by atoms with E-state index in [4.69, 9.17) is 10.2 Å². The van der Waals surface area contributed by atoms with E-state index in [-0.39, 0.29) is 24.6 Å². The van der Waals surface area contributed by atoms with Crippen LogP contribution in [0.15, 0.2) is 24.3 Å². The minimum absolute atomic E-state index is 0.147. The quantitative estimate of drug-likeness (QED) is 0.108. The third-order valence-corrected chi connectivity index (χ3v) is 7.27. The predicted molar refractivity (Wildman–Crippen MR) is 142 cm³/mol. The molecule has 1 aliphatic heterocycles. The molecular formula is C25H31FN4O10S. The Morgan fingerprint density at radius 2 is 1.59 bits per heavy atom. The van der Waals surface area contributed by atoms with Gasteiger partial charge >= 0.3 is 23.9 Å². The number of rotatable bonds is 17. The number of imide groups is 1. The molecule has 0 bridgehead atoms. The van der Waals surface area contributed by atoms with Crippen LogP contribution in [0.3, 0.4) is 0 Å². The number of urea groups is 1. The zero-order valence-electron chi connectivity index (χ0n) is 21.8. The van der Waals surface area contributed by atoms with Gasteiger partial charge < -0.3 is 31.3 Å². The summed E-state index contributed by atoms with van der Waals surface area (Å²) >= 11 is 0.866. The molecule has 2 rings (SSSR count). The third kappa shape index (κ3) is 11.1. The zero-order chi connectivity index (χ0) is 30.5. The lowest BCUT2D eigenvalue weighted by molar-refractivity contribution is -0.141. The van der Waals surface area contributed by atoms with Crippen molar-refractivity contribution < 1.29 is 53.3 Å². The van der Waals surface area contributed by atoms with Gasteiger partial charge in [-0.2, -0.15) is 0 Å². The molecule has 0 aliphatic carbocycles. The number of nitrogens with zero attached hydrogens (tertiary/aromatic N) is 1. The van der Waals surface area contributed by atoms with Gasteiger partial charge in [-0.15, -0.1) is 11.8 Å². The number of carbonyl (C=O) groups is 7. The molecule has 6 N–H and O–H groups in total. The maximum atomic E-state index is 12.9. The average molecular weight is 599 g/mol. The fourth-order valence-electron chi connectivity index (χ4n) is 3.77. The van der Waals surface area contributed by atoms with Gasteiger partial charge in [-0.3, -0.25) is 24.1 Å². The molecule has 224 valence electrons. The Morgan fingerprint density at radius 3 is 2.20 bits per heavy atom. The average Bonchev–Trinajstić information content (AvgIpc) is 3.18. The second kappa shape index (κ2) is 16.2. The van der Waals surface area contributed by atoms with Gasteiger partial charge in [0.05, 0.1) is 5.25 Å². The molecule has 5 amide bonds. The molecule has 0 radical (unpaired) electrons. The van der Waals surface area contributed by atoms with Crippen LogP contribution in [0.4, 0.5) is 9.18 Å². The lowest BCUT2D eigenvalue weighted by atomic mass is 10.1. The molecule has 14 nitrogen and oxygen atoms in total. The summed E-state index contributed by atoms with van der Waals surface area (Å²) in [5, 5.41) is 33.2. The number of hydrogen-bond acceptors (Lipinski definition) is 8. The summed E-state index contributed by atoms with van der Waals surface area (Å²) in [5.41, 5.74) is 0.323. The molecule has 1 heterocycles. The largest absolute Gasteiger partial charge is 0.481 e. The smallest absolute Gasteiger partial charge is 0.327 e. The van der Waals surface area contributed by atoms with Gasteiger partial charge in [0.15, 0.2) is 0 Å². The molecule has 1 fully saturated rings. The maximum absolute atomic E-state index is 12.9. The van der Waals surface area contributed by atoms with Crippen molar-refractivity contribution in [2.75, 3.05) is 18.8 Å². The second-order valence-corrected chi connectivity index (χ2v) is 10.3. The Kier molecular flexibility index (Phi) is 13.0. The Morgan fingerprint density at radius 1 is 0.951 bits per heavy atom. The Balaban J connectivity index is 1.74. The summed E-state index contributed by atoms with van der Waals surface area (Å²) in [6.07, 6.45) is 0.567. The molecule has 3 unspecified atom stereocenters. The lowest BCUT2D eigenvalue weighted by Crippen LogP contribution is -2.52. The number of hydrogen-bond donors (Lipinski definition) is 6. The highest BCUT2D eigenvalue weighted by atomic mass is 32.2. The molecule has 41 heavy (non-hydrogen) atoms. The monoisotopic (exact) mass is 598 g/mol. The van der Waals surface area contributed by atoms with E-state index in [0.29, 0.717) is 31.4 Å². The highest BCUT2D eigenvalue weighted by Gasteiger charge is 2.39. The van der Waals surface area contributed by atoms with Gasteiger partial charge in [-0.25, -0.2) is 18.8 Å². The van der Waals surface area contributed by atoms with Gasteiger partial charge in [0, 0.05) is 37.2 Å². The first-order chi connectivity index (χ1) is 19.4. The molecule has 1 saturated heterocycles. The molecule has 1 aromatic carbocycles. The minimum Gasteiger partial charge on any atom is -0.481 e.